The summed E-state index contributed by atoms with van der Waals surface area (Å²) in [7, 11) is 0. The van der Waals surface area contributed by atoms with E-state index in [0.717, 1.165) is 0 Å². The van der Waals surface area contributed by atoms with Gasteiger partial charge < -0.3 is 26.5 Å². The van der Waals surface area contributed by atoms with Crippen molar-refractivity contribution in [3.8, 4) is 0 Å². The van der Waals surface area contributed by atoms with Crippen molar-refractivity contribution in [3.05, 3.63) is 18.0 Å². The molecule has 1 aromatic rings. The lowest BCUT2D eigenvalue weighted by molar-refractivity contribution is -0.351. The molecule has 6 N–H and O–H groups in total. The topological polar surface area (TPSA) is 169 Å². The Morgan fingerprint density at radius 3 is 2.00 bits per heavy atom. The summed E-state index contributed by atoms with van der Waals surface area (Å²) in [6.45, 7) is 1.72. The fourth-order valence-electron chi connectivity index (χ4n) is 0.700. The molecule has 0 saturated carbocycles. The van der Waals surface area contributed by atoms with E-state index < -0.39 is 11.9 Å². The van der Waals surface area contributed by atoms with Crippen LogP contribution in [0.5, 0.6) is 0 Å². The van der Waals surface area contributed by atoms with E-state index in [1.165, 1.54) is 0 Å². The third-order valence-corrected chi connectivity index (χ3v) is 1.18. The van der Waals surface area contributed by atoms with Crippen LogP contribution in [0.25, 0.3) is 0 Å². The van der Waals surface area contributed by atoms with Gasteiger partial charge in [-0.2, -0.15) is 0 Å². The summed E-state index contributed by atoms with van der Waals surface area (Å²) < 4.78 is 0. The number of nitrogens with zero attached hydrogens (tertiary/aromatic N) is 2. The Morgan fingerprint density at radius 1 is 1.29 bits per heavy atom. The van der Waals surface area contributed by atoms with E-state index in [-0.39, 0.29) is 0 Å². The van der Waals surface area contributed by atoms with Crippen LogP contribution in [0.1, 0.15) is 5.82 Å². The normalized spacial score (nSPS) is 9.47. The van der Waals surface area contributed by atoms with E-state index in [2.05, 4.69) is 15.0 Å². The lowest BCUT2D eigenvalue weighted by atomic mass is 10.5. The molecule has 1 rings (SSSR count). The molecule has 0 aliphatic heterocycles. The molecule has 0 aromatic carbocycles. The molecule has 0 saturated heterocycles. The van der Waals surface area contributed by atoms with Gasteiger partial charge in [0.05, 0.1) is 5.97 Å². The van der Waals surface area contributed by atoms with Gasteiger partial charge in [0.2, 0.25) is 5.82 Å². The van der Waals surface area contributed by atoms with Crippen LogP contribution < -0.4 is 21.6 Å². The number of carboxylic acids is 2. The molecule has 0 atom stereocenters. The van der Waals surface area contributed by atoms with E-state index in [1.807, 2.05) is 0 Å². The molecule has 0 aliphatic rings. The van der Waals surface area contributed by atoms with E-state index >= 15 is 0 Å². The summed E-state index contributed by atoms with van der Waals surface area (Å²) in [6.07, 6.45) is 0.942. The summed E-state index contributed by atoms with van der Waals surface area (Å²) in [5.41, 5.74) is 10.5. The summed E-state index contributed by atoms with van der Waals surface area (Å²) in [5.74, 6) is -1.65. The number of nitrogens with two attached hydrogens (primary N) is 2. The quantitative estimate of drug-likeness (QED) is 0.464. The van der Waals surface area contributed by atoms with Crippen molar-refractivity contribution in [2.24, 2.45) is 0 Å². The van der Waals surface area contributed by atoms with Gasteiger partial charge in [-0.1, -0.05) is 0 Å². The Labute approximate surface area is 95.8 Å². The van der Waals surface area contributed by atoms with E-state index in [9.17, 15) is 14.7 Å². The Hall–Kier alpha value is -2.71. The third-order valence-electron chi connectivity index (χ3n) is 1.18. The van der Waals surface area contributed by atoms with Crippen molar-refractivity contribution in [2.75, 3.05) is 11.5 Å². The van der Waals surface area contributed by atoms with Crippen LogP contribution in [-0.4, -0.2) is 27.0 Å². The Morgan fingerprint density at radius 2 is 1.76 bits per heavy atom. The molecule has 0 radical (unpaired) electrons. The first kappa shape index (κ1) is 14.3. The molecular formula is C8H11N5O4. The van der Waals surface area contributed by atoms with Crippen LogP contribution in [0, 0.1) is 6.92 Å². The fourth-order valence-corrected chi connectivity index (χ4v) is 0.700. The van der Waals surface area contributed by atoms with Gasteiger partial charge in [0.1, 0.15) is 0 Å². The molecular weight excluding hydrogens is 230 g/mol. The number of anilines is 2. The smallest absolute Gasteiger partial charge is 0.328 e. The molecule has 9 nitrogen and oxygen atoms in total. The van der Waals surface area contributed by atoms with E-state index in [1.54, 1.807) is 6.92 Å². The summed E-state index contributed by atoms with van der Waals surface area (Å²) in [5, 5.41) is 17.2. The highest BCUT2D eigenvalue weighted by Crippen LogP contribution is 1.88. The van der Waals surface area contributed by atoms with Crippen LogP contribution in [0.2, 0.25) is 0 Å². The van der Waals surface area contributed by atoms with Gasteiger partial charge in [0.15, 0.2) is 0 Å². The fraction of sp³-hybridized carbons (Fsp3) is 0.125. The number of hydrogen-bond acceptors (Lipinski definition) is 7. The molecule has 1 aromatic heterocycles. The van der Waals surface area contributed by atoms with Crippen molar-refractivity contribution in [1.82, 2.24) is 9.97 Å². The maximum Gasteiger partial charge on any atom is 0.328 e. The number of nitrogens with one attached hydrogen (secondary N) is 1. The van der Waals surface area contributed by atoms with Gasteiger partial charge in [0, 0.05) is 13.0 Å². The average molecular weight is 241 g/mol. The van der Waals surface area contributed by atoms with Crippen LogP contribution in [0.4, 0.5) is 11.9 Å². The highest BCUT2D eigenvalue weighted by atomic mass is 16.4. The van der Waals surface area contributed by atoms with E-state index in [0.29, 0.717) is 29.9 Å². The third kappa shape index (κ3) is 8.30. The number of carboxylic acid groups (broad SMARTS) is 2. The molecule has 1 heterocycles. The largest absolute Gasteiger partial charge is 0.545 e. The molecule has 9 heteroatoms. The minimum atomic E-state index is -1.51. The maximum absolute atomic E-state index is 9.53. The van der Waals surface area contributed by atoms with Gasteiger partial charge in [-0.15, -0.1) is 9.97 Å². The zero-order valence-corrected chi connectivity index (χ0v) is 8.88. The van der Waals surface area contributed by atoms with Gasteiger partial charge in [0.25, 0.3) is 0 Å². The minimum Gasteiger partial charge on any atom is -0.545 e. The number of carbonyl (C=O) groups excluding carboxylic acids is 1. The van der Waals surface area contributed by atoms with Crippen molar-refractivity contribution < 1.29 is 24.8 Å². The zero-order chi connectivity index (χ0) is 13.4. The summed E-state index contributed by atoms with van der Waals surface area (Å²) >= 11 is 0. The molecule has 0 bridgehead atoms. The number of nitrogen functional groups attached to an aromatic ring is 2. The lowest BCUT2D eigenvalue weighted by Gasteiger charge is -1.87. The second-order valence-electron chi connectivity index (χ2n) is 2.66. The Balaban J connectivity index is 0.000000304. The number of aromatic amines is 1. The highest BCUT2D eigenvalue weighted by molar-refractivity contribution is 5.88. The number of hydrogen-bond donors (Lipinski definition) is 3. The molecule has 0 aliphatic carbocycles. The Bertz CT molecular complexity index is 379. The molecule has 92 valence electrons. The predicted molar refractivity (Wildman–Crippen MR) is 53.9 cm³/mol. The van der Waals surface area contributed by atoms with Gasteiger partial charge in [-0.05, 0) is 6.08 Å². The van der Waals surface area contributed by atoms with Gasteiger partial charge in [-0.25, -0.2) is 9.78 Å². The Kier molecular flexibility index (Phi) is 5.64. The van der Waals surface area contributed by atoms with E-state index in [4.69, 9.17) is 16.6 Å². The van der Waals surface area contributed by atoms with Crippen LogP contribution in [0.15, 0.2) is 12.2 Å². The SMILES string of the molecule is Cc1nc(N)[nH+]c(N)n1.O=C([O-])/C=C\C(=O)O. The highest BCUT2D eigenvalue weighted by Gasteiger charge is 2.00. The van der Waals surface area contributed by atoms with Crippen molar-refractivity contribution >= 4 is 23.8 Å². The lowest BCUT2D eigenvalue weighted by Crippen LogP contribution is -2.20. The molecule has 0 unspecified atom stereocenters. The second-order valence-corrected chi connectivity index (χ2v) is 2.66. The first-order valence-corrected chi connectivity index (χ1v) is 4.22. The maximum atomic E-state index is 9.53. The summed E-state index contributed by atoms with van der Waals surface area (Å²) in [6, 6.07) is 0. The van der Waals surface area contributed by atoms with Crippen LogP contribution in [0.3, 0.4) is 0 Å². The number of rotatable bonds is 2. The average Bonchev–Trinajstić information content (AvgIpc) is 2.13. The predicted octanol–water partition coefficient (Wildman–Crippen LogP) is -2.86. The van der Waals surface area contributed by atoms with Gasteiger partial charge in [-0.3, -0.25) is 0 Å². The van der Waals surface area contributed by atoms with Crippen molar-refractivity contribution in [2.45, 2.75) is 6.92 Å². The second kappa shape index (κ2) is 6.71. The number of carbonyl (C=O) groups is 2. The first-order chi connectivity index (χ1) is 7.81. The summed E-state index contributed by atoms with van der Waals surface area (Å²) in [4.78, 5) is 29.0. The van der Waals surface area contributed by atoms with Gasteiger partial charge >= 0.3 is 17.9 Å². The van der Waals surface area contributed by atoms with Crippen LogP contribution >= 0.6 is 0 Å². The monoisotopic (exact) mass is 241 g/mol. The van der Waals surface area contributed by atoms with Crippen LogP contribution in [-0.2, 0) is 9.59 Å². The number of H-pyrrole nitrogens is 1. The number of aryl methyl sites for hydroxylation is 1. The molecule has 0 amide bonds. The molecule has 0 fully saturated rings. The standard InChI is InChI=1S/C4H7N5.C4H4O4/c1-2-7-3(5)9-4(6)8-2;5-3(6)1-2-4(7)8/h1H3,(H4,5,6,7,8,9);1-2H,(H,5,6)(H,7,8)/b;2-1-. The van der Waals surface area contributed by atoms with Crippen molar-refractivity contribution in [1.29, 1.82) is 0 Å². The first-order valence-electron chi connectivity index (χ1n) is 4.22. The number of aliphatic carboxylic acids is 2. The van der Waals surface area contributed by atoms with Crippen molar-refractivity contribution in [3.63, 3.8) is 0 Å². The molecule has 17 heavy (non-hydrogen) atoms. The zero-order valence-electron chi connectivity index (χ0n) is 8.88. The molecule has 0 spiro atoms. The minimum absolute atomic E-state index is 0.292. The number of aromatic nitrogens is 3.